The van der Waals surface area contributed by atoms with E-state index in [0.29, 0.717) is 25.0 Å². The lowest BCUT2D eigenvalue weighted by Crippen LogP contribution is -2.61. The van der Waals surface area contributed by atoms with Crippen LogP contribution in [0.1, 0.15) is 64.9 Å². The Morgan fingerprint density at radius 1 is 0.708 bits per heavy atom. The van der Waals surface area contributed by atoms with E-state index >= 15 is 0 Å². The van der Waals surface area contributed by atoms with E-state index in [-0.39, 0.29) is 56.2 Å². The van der Waals surface area contributed by atoms with Crippen LogP contribution in [-0.2, 0) is 49.6 Å². The lowest BCUT2D eigenvalue weighted by atomic mass is 10.0. The highest BCUT2D eigenvalue weighted by Gasteiger charge is 2.44. The molecule has 0 spiro atoms. The number of nitrogens with one attached hydrogen (secondary N) is 6. The van der Waals surface area contributed by atoms with Gasteiger partial charge in [0.25, 0.3) is 0 Å². The van der Waals surface area contributed by atoms with Gasteiger partial charge in [-0.25, -0.2) is 0 Å². The Bertz CT molecular complexity index is 1830. The van der Waals surface area contributed by atoms with Crippen molar-refractivity contribution in [1.29, 1.82) is 0 Å². The molecule has 2 saturated heterocycles. The summed E-state index contributed by atoms with van der Waals surface area (Å²) < 4.78 is 0. The van der Waals surface area contributed by atoms with Crippen molar-refractivity contribution >= 4 is 90.2 Å². The Balaban J connectivity index is 1.67. The Hall–Kier alpha value is -4.58. The van der Waals surface area contributed by atoms with E-state index in [4.69, 9.17) is 11.5 Å². The highest BCUT2D eigenvalue weighted by atomic mass is 32.2. The molecule has 2 aliphatic rings. The van der Waals surface area contributed by atoms with Crippen molar-refractivity contribution in [2.24, 2.45) is 17.4 Å². The molecule has 23 heteroatoms. The van der Waals surface area contributed by atoms with Gasteiger partial charge in [0.15, 0.2) is 0 Å². The van der Waals surface area contributed by atoms with E-state index in [9.17, 15) is 48.3 Å². The number of likely N-dealkylation sites (tertiary alicyclic amines) is 2. The van der Waals surface area contributed by atoms with Gasteiger partial charge in [-0.3, -0.25) is 43.2 Å². The van der Waals surface area contributed by atoms with Gasteiger partial charge in [-0.1, -0.05) is 44.2 Å². The van der Waals surface area contributed by atoms with Gasteiger partial charge >= 0.3 is 0 Å². The topological polar surface area (TPSA) is 305 Å². The Kier molecular flexibility index (Phi) is 22.9. The standard InChI is InChI=1S/C42H66N10O10S3/c1-23(2)18-28(37(57)49-30(21-63)39(59)46-27(34(44)54)19-25-10-6-5-7-11-25)47-38(58)29(20-53)48-40(60)32-12-8-15-51(32)42(62)33-13-9-16-52(33)41(61)31(22-64)50-36(56)26(14-17-65-4)45-35(55)24(3)43/h5-7,10-11,23-24,26-33,53,63-64H,8-9,12-22,43H2,1-4H3,(H2,44,54)(H,45,55)(H,46,59)(H,47,58)(H,48,60)(H,49,57)(H,50,56)/t24-,26-,27-,28-,29-,30-,31-,32-,33-/m0/s1. The molecule has 0 unspecified atom stereocenters. The van der Waals surface area contributed by atoms with Gasteiger partial charge in [0.2, 0.25) is 53.2 Å². The largest absolute Gasteiger partial charge is 0.394 e. The number of hydrogen-bond acceptors (Lipinski definition) is 14. The van der Waals surface area contributed by atoms with E-state index in [1.807, 2.05) is 6.26 Å². The van der Waals surface area contributed by atoms with Crippen LogP contribution in [0.25, 0.3) is 0 Å². The fraction of sp³-hybridized carbons (Fsp3) is 0.643. The summed E-state index contributed by atoms with van der Waals surface area (Å²) in [7, 11) is 0. The van der Waals surface area contributed by atoms with Crippen molar-refractivity contribution in [3.05, 3.63) is 35.9 Å². The average molecular weight is 967 g/mol. The molecular formula is C42H66N10O10S3. The zero-order chi connectivity index (χ0) is 48.4. The second-order valence-electron chi connectivity index (χ2n) is 16.6. The second-order valence-corrected chi connectivity index (χ2v) is 18.3. The number of carbonyl (C=O) groups excluding carboxylic acids is 9. The molecule has 2 aliphatic heterocycles. The normalized spacial score (nSPS) is 19.2. The van der Waals surface area contributed by atoms with Crippen molar-refractivity contribution in [2.75, 3.05) is 43.2 Å². The predicted octanol–water partition coefficient (Wildman–Crippen LogP) is -2.40. The molecule has 20 nitrogen and oxygen atoms in total. The summed E-state index contributed by atoms with van der Waals surface area (Å²) in [4.78, 5) is 123. The SMILES string of the molecule is CSCC[C@H](NC(=O)[C@H](C)N)C(=O)N[C@@H](CS)C(=O)N1CCC[C@H]1C(=O)N1CCC[C@H]1C(=O)N[C@@H](CO)C(=O)N[C@@H](CC(C)C)C(=O)N[C@@H](CS)C(=O)N[C@@H](Cc1ccccc1)C(N)=O. The maximum absolute atomic E-state index is 14.1. The van der Waals surface area contributed by atoms with Gasteiger partial charge in [-0.05, 0) is 68.9 Å². The van der Waals surface area contributed by atoms with Crippen LogP contribution in [0.2, 0.25) is 0 Å². The van der Waals surface area contributed by atoms with E-state index in [1.165, 1.54) is 28.5 Å². The van der Waals surface area contributed by atoms with Crippen LogP contribution in [0.15, 0.2) is 30.3 Å². The summed E-state index contributed by atoms with van der Waals surface area (Å²) in [6.07, 6.45) is 3.77. The Morgan fingerprint density at radius 3 is 1.80 bits per heavy atom. The van der Waals surface area contributed by atoms with Gasteiger partial charge < -0.3 is 58.3 Å². The lowest BCUT2D eigenvalue weighted by Gasteiger charge is -2.33. The maximum Gasteiger partial charge on any atom is 0.246 e. The van der Waals surface area contributed by atoms with Crippen molar-refractivity contribution in [3.63, 3.8) is 0 Å². The number of aliphatic hydroxyl groups excluding tert-OH is 1. The molecule has 3 rings (SSSR count). The summed E-state index contributed by atoms with van der Waals surface area (Å²) in [5.41, 5.74) is 12.0. The molecule has 9 atom stereocenters. The first kappa shape index (κ1) is 54.8. The Labute approximate surface area is 395 Å². The zero-order valence-electron chi connectivity index (χ0n) is 37.3. The molecule has 0 bridgehead atoms. The van der Waals surface area contributed by atoms with Gasteiger partial charge in [0, 0.05) is 31.0 Å². The van der Waals surface area contributed by atoms with Crippen LogP contribution >= 0.6 is 37.0 Å². The number of thiol groups is 2. The minimum absolute atomic E-state index is 0.102. The number of hydrogen-bond donors (Lipinski definition) is 11. The van der Waals surface area contributed by atoms with Crippen LogP contribution in [-0.4, -0.2) is 166 Å². The fourth-order valence-electron chi connectivity index (χ4n) is 7.50. The number of nitrogens with zero attached hydrogens (tertiary/aromatic N) is 2. The van der Waals surface area contributed by atoms with Gasteiger partial charge in [-0.15, -0.1) is 0 Å². The average Bonchev–Trinajstić information content (AvgIpc) is 3.98. The molecule has 11 N–H and O–H groups in total. The van der Waals surface area contributed by atoms with Gasteiger partial charge in [0.1, 0.15) is 48.3 Å². The zero-order valence-corrected chi connectivity index (χ0v) is 39.9. The number of carbonyl (C=O) groups is 9. The number of primary amides is 1. The van der Waals surface area contributed by atoms with Gasteiger partial charge in [0.05, 0.1) is 12.6 Å². The number of rotatable bonds is 25. The number of amides is 9. The van der Waals surface area contributed by atoms with Crippen molar-refractivity contribution < 1.29 is 48.3 Å². The van der Waals surface area contributed by atoms with Crippen LogP contribution in [0.4, 0.5) is 0 Å². The van der Waals surface area contributed by atoms with E-state index in [0.717, 1.165) is 5.56 Å². The lowest BCUT2D eigenvalue weighted by molar-refractivity contribution is -0.148. The van der Waals surface area contributed by atoms with Crippen LogP contribution in [0, 0.1) is 5.92 Å². The summed E-state index contributed by atoms with van der Waals surface area (Å²) in [5.74, 6) is -5.96. The molecule has 0 aromatic heterocycles. The number of aliphatic hydroxyl groups is 1. The maximum atomic E-state index is 14.1. The molecule has 0 aliphatic carbocycles. The molecule has 65 heavy (non-hydrogen) atoms. The Morgan fingerprint density at radius 2 is 1.23 bits per heavy atom. The molecule has 1 aromatic carbocycles. The molecule has 362 valence electrons. The van der Waals surface area contributed by atoms with E-state index in [2.05, 4.69) is 57.2 Å². The molecule has 2 fully saturated rings. The highest BCUT2D eigenvalue weighted by molar-refractivity contribution is 7.98. The van der Waals surface area contributed by atoms with Crippen molar-refractivity contribution in [2.45, 2.75) is 120 Å². The third-order valence-electron chi connectivity index (χ3n) is 11.0. The number of benzene rings is 1. The van der Waals surface area contributed by atoms with Crippen LogP contribution in [0.5, 0.6) is 0 Å². The van der Waals surface area contributed by atoms with Crippen LogP contribution < -0.4 is 43.4 Å². The quantitative estimate of drug-likeness (QED) is 0.0458. The molecule has 2 heterocycles. The van der Waals surface area contributed by atoms with Crippen molar-refractivity contribution in [1.82, 2.24) is 41.7 Å². The first-order valence-corrected chi connectivity index (χ1v) is 24.4. The molecule has 9 amide bonds. The second kappa shape index (κ2) is 27.2. The minimum atomic E-state index is -1.54. The molecule has 1 aromatic rings. The summed E-state index contributed by atoms with van der Waals surface area (Å²) in [5, 5.41) is 25.8. The van der Waals surface area contributed by atoms with Gasteiger partial charge in [-0.2, -0.15) is 37.0 Å². The van der Waals surface area contributed by atoms with Crippen molar-refractivity contribution in [3.8, 4) is 0 Å². The highest BCUT2D eigenvalue weighted by Crippen LogP contribution is 2.26. The first-order valence-electron chi connectivity index (χ1n) is 21.7. The first-order chi connectivity index (χ1) is 30.9. The molecular weight excluding hydrogens is 901 g/mol. The summed E-state index contributed by atoms with van der Waals surface area (Å²) in [6.45, 7) is 4.61. The third kappa shape index (κ3) is 16.4. The number of nitrogens with two attached hydrogens (primary N) is 2. The summed E-state index contributed by atoms with van der Waals surface area (Å²) >= 11 is 10.00. The number of thioether (sulfide) groups is 1. The fourth-order valence-corrected chi connectivity index (χ4v) is 8.47. The molecule has 0 saturated carbocycles. The molecule has 0 radical (unpaired) electrons. The minimum Gasteiger partial charge on any atom is -0.394 e. The smallest absolute Gasteiger partial charge is 0.246 e. The summed E-state index contributed by atoms with van der Waals surface area (Å²) in [6, 6.07) is -1.17. The van der Waals surface area contributed by atoms with Crippen LogP contribution in [0.3, 0.4) is 0 Å². The predicted molar refractivity (Wildman–Crippen MR) is 251 cm³/mol. The third-order valence-corrected chi connectivity index (χ3v) is 12.4. The van der Waals surface area contributed by atoms with E-state index in [1.54, 1.807) is 44.2 Å². The monoisotopic (exact) mass is 966 g/mol. The van der Waals surface area contributed by atoms with E-state index < -0.39 is 114 Å².